The zero-order valence-electron chi connectivity index (χ0n) is 12.5. The van der Waals surface area contributed by atoms with E-state index in [4.69, 9.17) is 40.5 Å². The monoisotopic (exact) mass is 416 g/mol. The van der Waals surface area contributed by atoms with Gasteiger partial charge in [-0.15, -0.1) is 12.4 Å². The van der Waals surface area contributed by atoms with E-state index < -0.39 is 0 Å². The van der Waals surface area contributed by atoms with Crippen molar-refractivity contribution < 1.29 is 4.79 Å². The van der Waals surface area contributed by atoms with Gasteiger partial charge in [-0.25, -0.2) is 4.98 Å². The average molecular weight is 418 g/mol. The van der Waals surface area contributed by atoms with Gasteiger partial charge in [0.2, 0.25) is 0 Å². The summed E-state index contributed by atoms with van der Waals surface area (Å²) in [5, 5.41) is 3.96. The Morgan fingerprint density at radius 1 is 1.08 bits per heavy atom. The number of carbonyl (C=O) groups is 1. The minimum absolute atomic E-state index is 0. The molecular formula is C16H12Cl4N4O. The third-order valence-corrected chi connectivity index (χ3v) is 3.99. The van der Waals surface area contributed by atoms with Gasteiger partial charge < -0.3 is 16.0 Å². The van der Waals surface area contributed by atoms with E-state index >= 15 is 0 Å². The van der Waals surface area contributed by atoms with Crippen LogP contribution in [0.15, 0.2) is 42.6 Å². The second-order valence-electron chi connectivity index (χ2n) is 4.99. The molecule has 5 nitrogen and oxygen atoms in total. The zero-order valence-corrected chi connectivity index (χ0v) is 15.6. The normalized spacial score (nSPS) is 10.2. The Hall–Kier alpha value is -1.92. The van der Waals surface area contributed by atoms with E-state index in [9.17, 15) is 4.79 Å². The molecule has 1 aromatic heterocycles. The first-order valence-electron chi connectivity index (χ1n) is 6.80. The van der Waals surface area contributed by atoms with Crippen molar-refractivity contribution in [3.8, 4) is 11.3 Å². The largest absolute Gasteiger partial charge is 0.369 e. The molecular weight excluding hydrogens is 406 g/mol. The Balaban J connectivity index is 0.00000225. The van der Waals surface area contributed by atoms with Crippen LogP contribution in [0.25, 0.3) is 11.3 Å². The van der Waals surface area contributed by atoms with Gasteiger partial charge in [-0.05, 0) is 36.4 Å². The van der Waals surface area contributed by atoms with Crippen molar-refractivity contribution in [2.75, 3.05) is 11.1 Å². The number of aromatic nitrogens is 2. The number of nitrogen functional groups attached to an aromatic ring is 1. The Kier molecular flexibility index (Phi) is 6.19. The maximum atomic E-state index is 12.3. The molecule has 0 spiro atoms. The van der Waals surface area contributed by atoms with E-state index in [1.54, 1.807) is 30.5 Å². The number of amides is 1. The van der Waals surface area contributed by atoms with Gasteiger partial charge in [0.05, 0.1) is 16.9 Å². The lowest BCUT2D eigenvalue weighted by molar-refractivity contribution is 0.102. The number of H-pyrrole nitrogens is 1. The summed E-state index contributed by atoms with van der Waals surface area (Å²) in [6.07, 6.45) is 1.59. The third kappa shape index (κ3) is 4.58. The number of anilines is 2. The van der Waals surface area contributed by atoms with E-state index in [1.807, 2.05) is 0 Å². The number of rotatable bonds is 3. The van der Waals surface area contributed by atoms with Crippen LogP contribution in [-0.2, 0) is 0 Å². The molecule has 2 aromatic carbocycles. The summed E-state index contributed by atoms with van der Waals surface area (Å²) in [7, 11) is 0. The van der Waals surface area contributed by atoms with Crippen LogP contribution in [0, 0.1) is 0 Å². The van der Waals surface area contributed by atoms with Gasteiger partial charge in [0, 0.05) is 26.9 Å². The highest BCUT2D eigenvalue weighted by Gasteiger charge is 2.11. The number of aromatic amines is 1. The highest BCUT2D eigenvalue weighted by atomic mass is 35.5. The number of nitrogens with one attached hydrogen (secondary N) is 2. The van der Waals surface area contributed by atoms with Crippen molar-refractivity contribution in [1.29, 1.82) is 0 Å². The van der Waals surface area contributed by atoms with Gasteiger partial charge in [-0.2, -0.15) is 0 Å². The van der Waals surface area contributed by atoms with E-state index in [0.717, 1.165) is 5.56 Å². The standard InChI is InChI=1S/C16H11Cl3N4O.ClH/c17-9-3-8(4-10(18)5-9)15(24)22-11-1-2-12(13(19)6-11)14-7-21-16(20)23-14;/h1-7H,(H,22,24)(H3,20,21,23);1H. The molecule has 3 aromatic rings. The number of benzene rings is 2. The quantitative estimate of drug-likeness (QED) is 0.541. The number of hydrogen-bond acceptors (Lipinski definition) is 3. The van der Waals surface area contributed by atoms with Crippen LogP contribution in [0.3, 0.4) is 0 Å². The molecule has 0 aliphatic carbocycles. The van der Waals surface area contributed by atoms with Gasteiger partial charge in [0.15, 0.2) is 5.95 Å². The van der Waals surface area contributed by atoms with Crippen LogP contribution in [0.1, 0.15) is 10.4 Å². The molecule has 1 amide bonds. The number of nitrogens with two attached hydrogens (primary N) is 1. The molecule has 1 heterocycles. The Morgan fingerprint density at radius 2 is 1.76 bits per heavy atom. The van der Waals surface area contributed by atoms with Crippen LogP contribution in [0.2, 0.25) is 15.1 Å². The number of halogens is 4. The van der Waals surface area contributed by atoms with Crippen molar-refractivity contribution >= 4 is 64.8 Å². The Morgan fingerprint density at radius 3 is 2.32 bits per heavy atom. The highest BCUT2D eigenvalue weighted by Crippen LogP contribution is 2.30. The second-order valence-corrected chi connectivity index (χ2v) is 6.27. The zero-order chi connectivity index (χ0) is 17.3. The lowest BCUT2D eigenvalue weighted by atomic mass is 10.1. The van der Waals surface area contributed by atoms with Gasteiger partial charge in [0.25, 0.3) is 5.91 Å². The predicted molar refractivity (Wildman–Crippen MR) is 105 cm³/mol. The molecule has 0 radical (unpaired) electrons. The lowest BCUT2D eigenvalue weighted by Crippen LogP contribution is -2.11. The molecule has 0 aliphatic rings. The molecule has 0 atom stereocenters. The van der Waals surface area contributed by atoms with Crippen LogP contribution >= 0.6 is 47.2 Å². The summed E-state index contributed by atoms with van der Waals surface area (Å²) < 4.78 is 0. The first kappa shape index (κ1) is 19.4. The summed E-state index contributed by atoms with van der Waals surface area (Å²) >= 11 is 18.1. The lowest BCUT2D eigenvalue weighted by Gasteiger charge is -2.08. The summed E-state index contributed by atoms with van der Waals surface area (Å²) in [5.74, 6) is -0.0368. The molecule has 0 saturated carbocycles. The van der Waals surface area contributed by atoms with Crippen molar-refractivity contribution in [2.45, 2.75) is 0 Å². The molecule has 9 heteroatoms. The minimum atomic E-state index is -0.339. The van der Waals surface area contributed by atoms with Gasteiger partial charge in [-0.3, -0.25) is 4.79 Å². The molecule has 4 N–H and O–H groups in total. The molecule has 0 fully saturated rings. The fourth-order valence-electron chi connectivity index (χ4n) is 2.17. The number of nitrogens with zero attached hydrogens (tertiary/aromatic N) is 1. The summed E-state index contributed by atoms with van der Waals surface area (Å²) in [6.45, 7) is 0. The van der Waals surface area contributed by atoms with Crippen molar-refractivity contribution in [3.63, 3.8) is 0 Å². The van der Waals surface area contributed by atoms with Crippen LogP contribution in [-0.4, -0.2) is 15.9 Å². The SMILES string of the molecule is Cl.Nc1ncc(-c2ccc(NC(=O)c3cc(Cl)cc(Cl)c3)cc2Cl)[nH]1. The molecule has 3 rings (SSSR count). The maximum absolute atomic E-state index is 12.3. The molecule has 0 bridgehead atoms. The maximum Gasteiger partial charge on any atom is 0.255 e. The molecule has 0 aliphatic heterocycles. The van der Waals surface area contributed by atoms with Crippen LogP contribution < -0.4 is 11.1 Å². The predicted octanol–water partition coefficient (Wildman–Crippen LogP) is 5.29. The molecule has 0 saturated heterocycles. The summed E-state index contributed by atoms with van der Waals surface area (Å²) in [4.78, 5) is 19.1. The fraction of sp³-hybridized carbons (Fsp3) is 0. The smallest absolute Gasteiger partial charge is 0.255 e. The van der Waals surface area contributed by atoms with Gasteiger partial charge >= 0.3 is 0 Å². The third-order valence-electron chi connectivity index (χ3n) is 3.24. The van der Waals surface area contributed by atoms with Crippen LogP contribution in [0.4, 0.5) is 11.6 Å². The summed E-state index contributed by atoms with van der Waals surface area (Å²) in [5.41, 5.74) is 7.88. The first-order valence-corrected chi connectivity index (χ1v) is 7.93. The van der Waals surface area contributed by atoms with Crippen molar-refractivity contribution in [1.82, 2.24) is 9.97 Å². The van der Waals surface area contributed by atoms with E-state index in [1.165, 1.54) is 12.1 Å². The minimum Gasteiger partial charge on any atom is -0.369 e. The molecule has 130 valence electrons. The second kappa shape index (κ2) is 7.97. The Labute approximate surface area is 164 Å². The topological polar surface area (TPSA) is 83.8 Å². The van der Waals surface area contributed by atoms with Crippen LogP contribution in [0.5, 0.6) is 0 Å². The van der Waals surface area contributed by atoms with Gasteiger partial charge in [-0.1, -0.05) is 34.8 Å². The van der Waals surface area contributed by atoms with E-state index in [-0.39, 0.29) is 18.3 Å². The fourth-order valence-corrected chi connectivity index (χ4v) is 2.98. The highest BCUT2D eigenvalue weighted by molar-refractivity contribution is 6.35. The number of imidazole rings is 1. The van der Waals surface area contributed by atoms with Crippen molar-refractivity contribution in [2.24, 2.45) is 0 Å². The Bertz CT molecular complexity index is 906. The number of hydrogen-bond donors (Lipinski definition) is 3. The van der Waals surface area contributed by atoms with E-state index in [2.05, 4.69) is 15.3 Å². The average Bonchev–Trinajstić information content (AvgIpc) is 2.92. The van der Waals surface area contributed by atoms with Crippen molar-refractivity contribution in [3.05, 3.63) is 63.2 Å². The van der Waals surface area contributed by atoms with E-state index in [0.29, 0.717) is 38.0 Å². The molecule has 25 heavy (non-hydrogen) atoms. The first-order chi connectivity index (χ1) is 11.4. The summed E-state index contributed by atoms with van der Waals surface area (Å²) in [6, 6.07) is 9.75. The molecule has 0 unspecified atom stereocenters. The number of carbonyl (C=O) groups excluding carboxylic acids is 1. The van der Waals surface area contributed by atoms with Gasteiger partial charge in [0.1, 0.15) is 0 Å².